The van der Waals surface area contributed by atoms with E-state index in [2.05, 4.69) is 12.2 Å². The number of carbonyl (C=O) groups excluding carboxylic acids is 1. The SMILES string of the molecule is CC1CCCN(C(=O)NC2C3CCC(C3)C2C(=O)O)C1. The lowest BCUT2D eigenvalue weighted by molar-refractivity contribution is -0.144. The van der Waals surface area contributed by atoms with Crippen LogP contribution in [-0.2, 0) is 4.79 Å². The molecule has 5 nitrogen and oxygen atoms in total. The fourth-order valence-electron chi connectivity index (χ4n) is 4.46. The summed E-state index contributed by atoms with van der Waals surface area (Å²) in [6.45, 7) is 3.76. The van der Waals surface area contributed by atoms with Crippen LogP contribution in [0.2, 0.25) is 0 Å². The minimum atomic E-state index is -0.741. The monoisotopic (exact) mass is 280 g/mol. The lowest BCUT2D eigenvalue weighted by Gasteiger charge is -2.35. The molecule has 112 valence electrons. The number of urea groups is 1. The first-order valence-electron chi connectivity index (χ1n) is 7.84. The molecule has 20 heavy (non-hydrogen) atoms. The van der Waals surface area contributed by atoms with Gasteiger partial charge in [0, 0.05) is 19.1 Å². The first-order chi connectivity index (χ1) is 9.56. The van der Waals surface area contributed by atoms with Crippen molar-refractivity contribution in [2.45, 2.75) is 45.1 Å². The van der Waals surface area contributed by atoms with Crippen molar-refractivity contribution in [1.82, 2.24) is 10.2 Å². The van der Waals surface area contributed by atoms with Crippen LogP contribution in [0.15, 0.2) is 0 Å². The number of amides is 2. The van der Waals surface area contributed by atoms with Crippen molar-refractivity contribution in [2.24, 2.45) is 23.7 Å². The molecule has 0 aromatic rings. The number of piperidine rings is 1. The minimum Gasteiger partial charge on any atom is -0.481 e. The third kappa shape index (κ3) is 2.38. The lowest BCUT2D eigenvalue weighted by Crippen LogP contribution is -2.53. The van der Waals surface area contributed by atoms with Crippen LogP contribution in [0.5, 0.6) is 0 Å². The molecule has 2 saturated carbocycles. The summed E-state index contributed by atoms with van der Waals surface area (Å²) in [4.78, 5) is 25.7. The molecule has 1 saturated heterocycles. The summed E-state index contributed by atoms with van der Waals surface area (Å²) in [5.41, 5.74) is 0. The minimum absolute atomic E-state index is 0.0552. The zero-order valence-corrected chi connectivity index (χ0v) is 12.0. The number of carbonyl (C=O) groups is 2. The van der Waals surface area contributed by atoms with Crippen molar-refractivity contribution in [3.05, 3.63) is 0 Å². The zero-order chi connectivity index (χ0) is 14.3. The van der Waals surface area contributed by atoms with Crippen LogP contribution in [0.3, 0.4) is 0 Å². The molecule has 3 rings (SSSR count). The number of carboxylic acid groups (broad SMARTS) is 1. The first kappa shape index (κ1) is 13.7. The maximum atomic E-state index is 12.4. The van der Waals surface area contributed by atoms with Gasteiger partial charge in [0.1, 0.15) is 0 Å². The van der Waals surface area contributed by atoms with E-state index in [1.807, 2.05) is 4.90 Å². The molecule has 2 amide bonds. The van der Waals surface area contributed by atoms with Gasteiger partial charge >= 0.3 is 12.0 Å². The summed E-state index contributed by atoms with van der Waals surface area (Å²) in [6.07, 6.45) is 5.27. The summed E-state index contributed by atoms with van der Waals surface area (Å²) < 4.78 is 0. The average Bonchev–Trinajstić information content (AvgIpc) is 2.99. The number of nitrogens with zero attached hydrogens (tertiary/aromatic N) is 1. The molecular weight excluding hydrogens is 256 g/mol. The van der Waals surface area contributed by atoms with E-state index < -0.39 is 5.97 Å². The number of likely N-dealkylation sites (tertiary alicyclic amines) is 1. The van der Waals surface area contributed by atoms with Crippen LogP contribution in [-0.4, -0.2) is 41.1 Å². The van der Waals surface area contributed by atoms with E-state index in [-0.39, 0.29) is 23.9 Å². The van der Waals surface area contributed by atoms with E-state index >= 15 is 0 Å². The van der Waals surface area contributed by atoms with Crippen molar-refractivity contribution in [2.75, 3.05) is 13.1 Å². The summed E-state index contributed by atoms with van der Waals surface area (Å²) >= 11 is 0. The molecule has 2 aliphatic carbocycles. The van der Waals surface area contributed by atoms with Gasteiger partial charge < -0.3 is 15.3 Å². The molecule has 3 aliphatic rings. The normalized spacial score (nSPS) is 39.9. The molecule has 1 aliphatic heterocycles. The number of nitrogens with one attached hydrogen (secondary N) is 1. The predicted molar refractivity (Wildman–Crippen MR) is 74.2 cm³/mol. The number of fused-ring (bicyclic) bond motifs is 2. The Bertz CT molecular complexity index is 412. The van der Waals surface area contributed by atoms with Crippen molar-refractivity contribution < 1.29 is 14.7 Å². The number of carboxylic acids is 1. The molecule has 0 radical (unpaired) electrons. The smallest absolute Gasteiger partial charge is 0.317 e. The van der Waals surface area contributed by atoms with Crippen LogP contribution < -0.4 is 5.32 Å². The fraction of sp³-hybridized carbons (Fsp3) is 0.867. The molecule has 2 N–H and O–H groups in total. The van der Waals surface area contributed by atoms with Crippen molar-refractivity contribution in [3.8, 4) is 0 Å². The number of hydrogen-bond donors (Lipinski definition) is 2. The molecule has 1 heterocycles. The Kier molecular flexibility index (Phi) is 3.61. The van der Waals surface area contributed by atoms with Crippen molar-refractivity contribution >= 4 is 12.0 Å². The van der Waals surface area contributed by atoms with Gasteiger partial charge in [0.05, 0.1) is 5.92 Å². The van der Waals surface area contributed by atoms with Gasteiger partial charge in [-0.25, -0.2) is 4.79 Å². The van der Waals surface area contributed by atoms with E-state index in [9.17, 15) is 14.7 Å². The van der Waals surface area contributed by atoms with Crippen molar-refractivity contribution in [1.29, 1.82) is 0 Å². The van der Waals surface area contributed by atoms with E-state index in [4.69, 9.17) is 0 Å². The van der Waals surface area contributed by atoms with Crippen LogP contribution in [0, 0.1) is 23.7 Å². The molecule has 0 aromatic heterocycles. The van der Waals surface area contributed by atoms with Crippen LogP contribution in [0.4, 0.5) is 4.79 Å². The molecule has 0 aromatic carbocycles. The standard InChI is InChI=1S/C15H24N2O3/c1-9-3-2-6-17(8-9)15(20)16-13-11-5-4-10(7-11)12(13)14(18)19/h9-13H,2-8H2,1H3,(H,16,20)(H,18,19). The Morgan fingerprint density at radius 3 is 2.65 bits per heavy atom. The summed E-state index contributed by atoms with van der Waals surface area (Å²) in [5, 5.41) is 12.4. The Hall–Kier alpha value is -1.26. The van der Waals surface area contributed by atoms with Gasteiger partial charge in [-0.1, -0.05) is 6.92 Å². The second-order valence-corrected chi connectivity index (χ2v) is 6.87. The second kappa shape index (κ2) is 5.26. The van der Waals surface area contributed by atoms with Gasteiger partial charge in [0.25, 0.3) is 0 Å². The molecule has 5 atom stereocenters. The maximum Gasteiger partial charge on any atom is 0.317 e. The highest BCUT2D eigenvalue weighted by Gasteiger charge is 2.51. The molecule has 5 unspecified atom stereocenters. The third-order valence-electron chi connectivity index (χ3n) is 5.44. The number of aliphatic carboxylic acids is 1. The van der Waals surface area contributed by atoms with E-state index in [0.717, 1.165) is 38.8 Å². The molecule has 5 heteroatoms. The summed E-state index contributed by atoms with van der Waals surface area (Å²) in [6, 6.07) is -0.212. The highest BCUT2D eigenvalue weighted by molar-refractivity contribution is 5.77. The lowest BCUT2D eigenvalue weighted by atomic mass is 9.84. The van der Waals surface area contributed by atoms with Crippen LogP contribution >= 0.6 is 0 Å². The van der Waals surface area contributed by atoms with Crippen molar-refractivity contribution in [3.63, 3.8) is 0 Å². The molecule has 0 spiro atoms. The summed E-state index contributed by atoms with van der Waals surface area (Å²) in [5.74, 6) is 0.0644. The van der Waals surface area contributed by atoms with Gasteiger partial charge in [0.2, 0.25) is 0 Å². The number of rotatable bonds is 2. The average molecular weight is 280 g/mol. The molecule has 3 fully saturated rings. The van der Waals surface area contributed by atoms with Gasteiger partial charge in [-0.2, -0.15) is 0 Å². The van der Waals surface area contributed by atoms with Gasteiger partial charge in [-0.3, -0.25) is 4.79 Å². The molecule has 2 bridgehead atoms. The van der Waals surface area contributed by atoms with Gasteiger partial charge in [-0.15, -0.1) is 0 Å². The first-order valence-corrected chi connectivity index (χ1v) is 7.84. The quantitative estimate of drug-likeness (QED) is 0.812. The van der Waals surface area contributed by atoms with Crippen LogP contribution in [0.1, 0.15) is 39.0 Å². The Morgan fingerprint density at radius 2 is 1.95 bits per heavy atom. The van der Waals surface area contributed by atoms with E-state index in [1.165, 1.54) is 6.42 Å². The van der Waals surface area contributed by atoms with Gasteiger partial charge in [-0.05, 0) is 49.9 Å². The Labute approximate surface area is 119 Å². The Morgan fingerprint density at radius 1 is 1.20 bits per heavy atom. The molecular formula is C15H24N2O3. The number of hydrogen-bond acceptors (Lipinski definition) is 2. The highest BCUT2D eigenvalue weighted by atomic mass is 16.4. The van der Waals surface area contributed by atoms with E-state index in [1.54, 1.807) is 0 Å². The fourth-order valence-corrected chi connectivity index (χ4v) is 4.46. The van der Waals surface area contributed by atoms with Crippen LogP contribution in [0.25, 0.3) is 0 Å². The largest absolute Gasteiger partial charge is 0.481 e. The maximum absolute atomic E-state index is 12.4. The van der Waals surface area contributed by atoms with E-state index in [0.29, 0.717) is 11.8 Å². The highest BCUT2D eigenvalue weighted by Crippen LogP contribution is 2.48. The third-order valence-corrected chi connectivity index (χ3v) is 5.44. The van der Waals surface area contributed by atoms with Gasteiger partial charge in [0.15, 0.2) is 0 Å². The topological polar surface area (TPSA) is 69.6 Å². The Balaban J connectivity index is 1.64. The predicted octanol–water partition coefficient (Wildman–Crippen LogP) is 1.93. The second-order valence-electron chi connectivity index (χ2n) is 6.87. The zero-order valence-electron chi connectivity index (χ0n) is 12.0. The summed E-state index contributed by atoms with van der Waals surface area (Å²) in [7, 11) is 0.